The van der Waals surface area contributed by atoms with Crippen LogP contribution in [0.2, 0.25) is 5.02 Å². The third-order valence-electron chi connectivity index (χ3n) is 4.10. The van der Waals surface area contributed by atoms with E-state index in [-0.39, 0.29) is 5.82 Å². The third kappa shape index (κ3) is 5.57. The first-order valence-electron chi connectivity index (χ1n) is 7.91. The van der Waals surface area contributed by atoms with Crippen molar-refractivity contribution in [1.82, 2.24) is 10.2 Å². The molecule has 1 fully saturated rings. The predicted molar refractivity (Wildman–Crippen MR) is 87.1 cm³/mol. The van der Waals surface area contributed by atoms with Crippen LogP contribution in [0.25, 0.3) is 0 Å². The Hall–Kier alpha value is -0.640. The quantitative estimate of drug-likeness (QED) is 0.856. The molecule has 1 aliphatic heterocycles. The van der Waals surface area contributed by atoms with E-state index in [1.54, 1.807) is 12.1 Å². The molecule has 0 aromatic heterocycles. The second-order valence-corrected chi connectivity index (χ2v) is 6.94. The predicted octanol–water partition coefficient (Wildman–Crippen LogP) is 3.94. The SMILES string of the molecule is CC(C)CNCC1CCN(Cc2ccc(Cl)cc2F)CC1. The number of likely N-dealkylation sites (tertiary alicyclic amines) is 1. The maximum Gasteiger partial charge on any atom is 0.129 e. The normalized spacial score (nSPS) is 17.6. The second kappa shape index (κ2) is 8.11. The molecule has 0 radical (unpaired) electrons. The number of nitrogens with zero attached hydrogens (tertiary/aromatic N) is 1. The minimum absolute atomic E-state index is 0.191. The Morgan fingerprint density at radius 1 is 1.33 bits per heavy atom. The van der Waals surface area contributed by atoms with Crippen LogP contribution in [0.15, 0.2) is 18.2 Å². The number of benzene rings is 1. The van der Waals surface area contributed by atoms with Gasteiger partial charge in [-0.2, -0.15) is 0 Å². The smallest absolute Gasteiger partial charge is 0.129 e. The molecule has 0 atom stereocenters. The standard InChI is InChI=1S/C17H26ClFN2/c1-13(2)10-20-11-14-5-7-21(8-6-14)12-15-3-4-16(18)9-17(15)19/h3-4,9,13-14,20H,5-8,10-12H2,1-2H3. The number of hydrogen-bond donors (Lipinski definition) is 1. The van der Waals surface area contributed by atoms with Crippen molar-refractivity contribution < 1.29 is 4.39 Å². The minimum atomic E-state index is -0.191. The highest BCUT2D eigenvalue weighted by atomic mass is 35.5. The first-order chi connectivity index (χ1) is 10.0. The number of hydrogen-bond acceptors (Lipinski definition) is 2. The Kier molecular flexibility index (Phi) is 6.46. The van der Waals surface area contributed by atoms with Gasteiger partial charge in [-0.1, -0.05) is 31.5 Å². The molecule has 0 unspecified atom stereocenters. The van der Waals surface area contributed by atoms with Gasteiger partial charge in [-0.3, -0.25) is 4.90 Å². The fraction of sp³-hybridized carbons (Fsp3) is 0.647. The third-order valence-corrected chi connectivity index (χ3v) is 4.34. The van der Waals surface area contributed by atoms with Crippen LogP contribution < -0.4 is 5.32 Å². The summed E-state index contributed by atoms with van der Waals surface area (Å²) in [4.78, 5) is 2.34. The van der Waals surface area contributed by atoms with Crippen molar-refractivity contribution in [2.75, 3.05) is 26.2 Å². The van der Waals surface area contributed by atoms with Gasteiger partial charge in [0.05, 0.1) is 0 Å². The van der Waals surface area contributed by atoms with Crippen LogP contribution in [0, 0.1) is 17.7 Å². The highest BCUT2D eigenvalue weighted by Crippen LogP contribution is 2.21. The molecule has 0 spiro atoms. The summed E-state index contributed by atoms with van der Waals surface area (Å²) in [6, 6.07) is 4.97. The molecule has 1 aliphatic rings. The highest BCUT2D eigenvalue weighted by molar-refractivity contribution is 6.30. The van der Waals surface area contributed by atoms with Gasteiger partial charge in [0.15, 0.2) is 0 Å². The van der Waals surface area contributed by atoms with Gasteiger partial charge in [0.2, 0.25) is 0 Å². The van der Waals surface area contributed by atoms with Crippen molar-refractivity contribution >= 4 is 11.6 Å². The molecular weight excluding hydrogens is 287 g/mol. The summed E-state index contributed by atoms with van der Waals surface area (Å²) in [7, 11) is 0. The molecular formula is C17H26ClFN2. The molecule has 118 valence electrons. The minimum Gasteiger partial charge on any atom is -0.316 e. The van der Waals surface area contributed by atoms with E-state index in [1.807, 2.05) is 0 Å². The number of rotatable bonds is 6. The number of piperidine rings is 1. The molecule has 1 aromatic rings. The maximum atomic E-state index is 13.8. The lowest BCUT2D eigenvalue weighted by atomic mass is 9.96. The Bertz CT molecular complexity index is 442. The van der Waals surface area contributed by atoms with Crippen LogP contribution in [0.5, 0.6) is 0 Å². The molecule has 21 heavy (non-hydrogen) atoms. The van der Waals surface area contributed by atoms with Crippen LogP contribution in [-0.4, -0.2) is 31.1 Å². The molecule has 4 heteroatoms. The average molecular weight is 313 g/mol. The Balaban J connectivity index is 1.74. The molecule has 1 N–H and O–H groups in total. The van der Waals surface area contributed by atoms with E-state index in [0.717, 1.165) is 37.7 Å². The van der Waals surface area contributed by atoms with Crippen molar-refractivity contribution in [3.05, 3.63) is 34.6 Å². The van der Waals surface area contributed by atoms with E-state index in [1.165, 1.54) is 18.9 Å². The fourth-order valence-electron chi connectivity index (χ4n) is 2.82. The fourth-order valence-corrected chi connectivity index (χ4v) is 2.97. The lowest BCUT2D eigenvalue weighted by Crippen LogP contribution is -2.37. The zero-order chi connectivity index (χ0) is 15.2. The van der Waals surface area contributed by atoms with Gasteiger partial charge in [-0.15, -0.1) is 0 Å². The van der Waals surface area contributed by atoms with Gasteiger partial charge in [-0.05, 0) is 63.0 Å². The van der Waals surface area contributed by atoms with E-state index in [2.05, 4.69) is 24.1 Å². The summed E-state index contributed by atoms with van der Waals surface area (Å²) in [6.45, 7) is 9.46. The Morgan fingerprint density at radius 3 is 2.67 bits per heavy atom. The Labute approximate surface area is 132 Å². The van der Waals surface area contributed by atoms with E-state index < -0.39 is 0 Å². The summed E-state index contributed by atoms with van der Waals surface area (Å²) >= 11 is 5.79. The second-order valence-electron chi connectivity index (χ2n) is 6.51. The molecule has 2 rings (SSSR count). The van der Waals surface area contributed by atoms with Crippen molar-refractivity contribution in [3.8, 4) is 0 Å². The lowest BCUT2D eigenvalue weighted by Gasteiger charge is -2.32. The topological polar surface area (TPSA) is 15.3 Å². The van der Waals surface area contributed by atoms with Crippen LogP contribution in [0.1, 0.15) is 32.3 Å². The molecule has 0 bridgehead atoms. The zero-order valence-electron chi connectivity index (χ0n) is 13.0. The molecule has 1 saturated heterocycles. The van der Waals surface area contributed by atoms with Crippen LogP contribution >= 0.6 is 11.6 Å². The summed E-state index contributed by atoms with van der Waals surface area (Å²) in [6.07, 6.45) is 2.39. The maximum absolute atomic E-state index is 13.8. The first-order valence-corrected chi connectivity index (χ1v) is 8.29. The zero-order valence-corrected chi connectivity index (χ0v) is 13.8. The summed E-state index contributed by atoms with van der Waals surface area (Å²) in [5.74, 6) is 1.27. The molecule has 2 nitrogen and oxygen atoms in total. The van der Waals surface area contributed by atoms with E-state index in [4.69, 9.17) is 11.6 Å². The summed E-state index contributed by atoms with van der Waals surface area (Å²) in [5.41, 5.74) is 0.746. The van der Waals surface area contributed by atoms with Crippen molar-refractivity contribution in [1.29, 1.82) is 0 Å². The number of halogens is 2. The Morgan fingerprint density at radius 2 is 2.05 bits per heavy atom. The van der Waals surface area contributed by atoms with Gasteiger partial charge in [0.1, 0.15) is 5.82 Å². The van der Waals surface area contributed by atoms with Crippen molar-refractivity contribution in [2.24, 2.45) is 11.8 Å². The summed E-state index contributed by atoms with van der Waals surface area (Å²) in [5, 5.41) is 4.01. The molecule has 0 saturated carbocycles. The van der Waals surface area contributed by atoms with Crippen LogP contribution in [0.3, 0.4) is 0 Å². The summed E-state index contributed by atoms with van der Waals surface area (Å²) < 4.78 is 13.8. The number of nitrogens with one attached hydrogen (secondary N) is 1. The van der Waals surface area contributed by atoms with E-state index >= 15 is 0 Å². The monoisotopic (exact) mass is 312 g/mol. The van der Waals surface area contributed by atoms with Gasteiger partial charge < -0.3 is 5.32 Å². The van der Waals surface area contributed by atoms with Crippen molar-refractivity contribution in [3.63, 3.8) is 0 Å². The average Bonchev–Trinajstić information content (AvgIpc) is 2.43. The molecule has 1 aromatic carbocycles. The van der Waals surface area contributed by atoms with Gasteiger partial charge in [0.25, 0.3) is 0 Å². The van der Waals surface area contributed by atoms with Gasteiger partial charge in [0, 0.05) is 17.1 Å². The van der Waals surface area contributed by atoms with E-state index in [0.29, 0.717) is 17.5 Å². The van der Waals surface area contributed by atoms with Gasteiger partial charge in [-0.25, -0.2) is 4.39 Å². The largest absolute Gasteiger partial charge is 0.316 e. The molecule has 0 aliphatic carbocycles. The molecule has 1 heterocycles. The highest BCUT2D eigenvalue weighted by Gasteiger charge is 2.19. The van der Waals surface area contributed by atoms with Crippen molar-refractivity contribution in [2.45, 2.75) is 33.2 Å². The molecule has 0 amide bonds. The first kappa shape index (κ1) is 16.7. The van der Waals surface area contributed by atoms with E-state index in [9.17, 15) is 4.39 Å². The van der Waals surface area contributed by atoms with Crippen LogP contribution in [0.4, 0.5) is 4.39 Å². The van der Waals surface area contributed by atoms with Crippen LogP contribution in [-0.2, 0) is 6.54 Å². The van der Waals surface area contributed by atoms with Gasteiger partial charge >= 0.3 is 0 Å². The lowest BCUT2D eigenvalue weighted by molar-refractivity contribution is 0.173.